The number of carbonyl (C=O) groups excluding carboxylic acids is 2. The molecule has 2 atom stereocenters. The van der Waals surface area contributed by atoms with Gasteiger partial charge in [0.05, 0.1) is 22.9 Å². The maximum atomic E-state index is 13.0. The summed E-state index contributed by atoms with van der Waals surface area (Å²) in [4.78, 5) is 27.1. The predicted octanol–water partition coefficient (Wildman–Crippen LogP) is 3.74. The van der Waals surface area contributed by atoms with Gasteiger partial charge in [0.25, 0.3) is 5.91 Å². The molecule has 0 N–H and O–H groups in total. The Morgan fingerprint density at radius 2 is 1.82 bits per heavy atom. The summed E-state index contributed by atoms with van der Waals surface area (Å²) >= 11 is 0. The molecule has 34 heavy (non-hydrogen) atoms. The lowest BCUT2D eigenvalue weighted by Crippen LogP contribution is -2.41. The summed E-state index contributed by atoms with van der Waals surface area (Å²) in [6, 6.07) is 16.4. The molecule has 1 aliphatic heterocycles. The van der Waals surface area contributed by atoms with E-state index >= 15 is 0 Å². The van der Waals surface area contributed by atoms with Crippen LogP contribution in [-0.2, 0) is 19.6 Å². The largest absolute Gasteiger partial charge is 0.449 e. The molecular weight excluding hydrogens is 454 g/mol. The van der Waals surface area contributed by atoms with E-state index < -0.39 is 28.0 Å². The molecule has 8 nitrogen and oxygen atoms in total. The number of amides is 1. The number of piperidine rings is 1. The first-order chi connectivity index (χ1) is 16.3. The second kappa shape index (κ2) is 11.3. The highest BCUT2D eigenvalue weighted by Crippen LogP contribution is 2.25. The Hall–Kier alpha value is -3.22. The quantitative estimate of drug-likeness (QED) is 0.529. The van der Waals surface area contributed by atoms with Crippen LogP contribution in [0.15, 0.2) is 59.5 Å². The van der Waals surface area contributed by atoms with Crippen LogP contribution < -0.4 is 4.90 Å². The Balaban J connectivity index is 1.70. The number of hydrogen-bond acceptors (Lipinski definition) is 6. The van der Waals surface area contributed by atoms with Gasteiger partial charge in [-0.05, 0) is 63.1 Å². The molecule has 0 bridgehead atoms. The Kier molecular flexibility index (Phi) is 8.42. The Morgan fingerprint density at radius 1 is 1.15 bits per heavy atom. The van der Waals surface area contributed by atoms with E-state index in [1.807, 2.05) is 19.1 Å². The molecule has 1 heterocycles. The van der Waals surface area contributed by atoms with Gasteiger partial charge >= 0.3 is 5.97 Å². The van der Waals surface area contributed by atoms with Crippen LogP contribution in [-0.4, -0.2) is 49.8 Å². The van der Waals surface area contributed by atoms with Crippen molar-refractivity contribution < 1.29 is 22.7 Å². The van der Waals surface area contributed by atoms with Crippen molar-refractivity contribution in [2.45, 2.75) is 56.6 Å². The lowest BCUT2D eigenvalue weighted by molar-refractivity contribution is -0.126. The Labute approximate surface area is 200 Å². The van der Waals surface area contributed by atoms with Crippen molar-refractivity contribution >= 4 is 27.6 Å². The third-order valence-corrected chi connectivity index (χ3v) is 7.88. The topological polar surface area (TPSA) is 108 Å². The second-order valence-electron chi connectivity index (χ2n) is 8.27. The van der Waals surface area contributed by atoms with E-state index in [9.17, 15) is 18.0 Å². The van der Waals surface area contributed by atoms with Crippen LogP contribution >= 0.6 is 0 Å². The van der Waals surface area contributed by atoms with E-state index in [-0.39, 0.29) is 29.5 Å². The van der Waals surface area contributed by atoms with Crippen LogP contribution in [0.5, 0.6) is 0 Å². The van der Waals surface area contributed by atoms with E-state index in [1.165, 1.54) is 40.4 Å². The number of rotatable bonds is 8. The Bertz CT molecular complexity index is 1140. The molecule has 2 aromatic rings. The molecule has 2 aromatic carbocycles. The highest BCUT2D eigenvalue weighted by atomic mass is 32.2. The molecule has 1 fully saturated rings. The van der Waals surface area contributed by atoms with Crippen LogP contribution in [0.2, 0.25) is 0 Å². The number of hydrogen-bond donors (Lipinski definition) is 0. The molecule has 3 rings (SSSR count). The molecule has 0 aromatic heterocycles. The highest BCUT2D eigenvalue weighted by Gasteiger charge is 2.31. The van der Waals surface area contributed by atoms with Crippen molar-refractivity contribution in [2.24, 2.45) is 0 Å². The number of nitrogens with zero attached hydrogens (tertiary/aromatic N) is 3. The maximum absolute atomic E-state index is 13.0. The average molecular weight is 484 g/mol. The first-order valence-electron chi connectivity index (χ1n) is 11.3. The molecule has 0 aliphatic carbocycles. The molecule has 0 saturated carbocycles. The number of ether oxygens (including phenoxy) is 1. The van der Waals surface area contributed by atoms with Crippen LogP contribution in [0.25, 0.3) is 0 Å². The van der Waals surface area contributed by atoms with Crippen molar-refractivity contribution in [2.75, 3.05) is 18.0 Å². The molecule has 0 spiro atoms. The predicted molar refractivity (Wildman–Crippen MR) is 128 cm³/mol. The number of sulfonamides is 1. The molecule has 1 aliphatic rings. The summed E-state index contributed by atoms with van der Waals surface area (Å²) in [6.45, 7) is 4.02. The first kappa shape index (κ1) is 25.4. The maximum Gasteiger partial charge on any atom is 0.338 e. The van der Waals surface area contributed by atoms with E-state index in [2.05, 4.69) is 0 Å². The molecule has 9 heteroatoms. The summed E-state index contributed by atoms with van der Waals surface area (Å²) in [5.74, 6) is -1.18. The summed E-state index contributed by atoms with van der Waals surface area (Å²) in [5, 5.41) is 8.93. The van der Waals surface area contributed by atoms with Crippen molar-refractivity contribution in [1.29, 1.82) is 5.26 Å². The normalized spacial score (nSPS) is 17.4. The van der Waals surface area contributed by atoms with Gasteiger partial charge in [0.1, 0.15) is 0 Å². The number of esters is 1. The monoisotopic (exact) mass is 483 g/mol. The van der Waals surface area contributed by atoms with Gasteiger partial charge in [-0.25, -0.2) is 13.2 Å². The van der Waals surface area contributed by atoms with E-state index in [4.69, 9.17) is 10.00 Å². The number of nitriles is 1. The van der Waals surface area contributed by atoms with Gasteiger partial charge in [0, 0.05) is 24.8 Å². The van der Waals surface area contributed by atoms with Crippen molar-refractivity contribution in [1.82, 2.24) is 4.31 Å². The zero-order chi connectivity index (χ0) is 24.7. The second-order valence-corrected chi connectivity index (χ2v) is 10.2. The minimum Gasteiger partial charge on any atom is -0.449 e. The highest BCUT2D eigenvalue weighted by molar-refractivity contribution is 7.89. The molecule has 180 valence electrons. The van der Waals surface area contributed by atoms with E-state index in [0.717, 1.165) is 19.3 Å². The van der Waals surface area contributed by atoms with Gasteiger partial charge in [0.2, 0.25) is 10.0 Å². The summed E-state index contributed by atoms with van der Waals surface area (Å²) < 4.78 is 32.8. The van der Waals surface area contributed by atoms with Crippen molar-refractivity contribution in [3.63, 3.8) is 0 Å². The van der Waals surface area contributed by atoms with E-state index in [0.29, 0.717) is 12.2 Å². The minimum atomic E-state index is -3.65. The van der Waals surface area contributed by atoms with Crippen LogP contribution in [0.3, 0.4) is 0 Å². The summed E-state index contributed by atoms with van der Waals surface area (Å²) in [6.07, 6.45) is 1.70. The van der Waals surface area contributed by atoms with Crippen LogP contribution in [0.4, 0.5) is 5.69 Å². The van der Waals surface area contributed by atoms with Crippen molar-refractivity contribution in [3.8, 4) is 6.07 Å². The van der Waals surface area contributed by atoms with Crippen LogP contribution in [0.1, 0.15) is 49.9 Å². The fourth-order valence-corrected chi connectivity index (χ4v) is 5.66. The minimum absolute atomic E-state index is 0.0659. The fourth-order valence-electron chi connectivity index (χ4n) is 3.96. The van der Waals surface area contributed by atoms with Crippen LogP contribution in [0, 0.1) is 11.3 Å². The molecular formula is C25H29N3O5S. The van der Waals surface area contributed by atoms with Crippen molar-refractivity contribution in [3.05, 3.63) is 60.2 Å². The average Bonchev–Trinajstić information content (AvgIpc) is 2.85. The smallest absolute Gasteiger partial charge is 0.338 e. The standard InChI is InChI=1S/C25H29N3O5S/c1-19-9-6-7-18-28(19)34(31,32)23-14-12-21(13-15-23)25(30)33-20(2)24(29)27(17-8-16-26)22-10-4-3-5-11-22/h3-5,10-15,19-20H,6-9,17-18H2,1-2H3/t19-,20-/m0/s1. The summed E-state index contributed by atoms with van der Waals surface area (Å²) in [5.41, 5.74) is 0.751. The lowest BCUT2D eigenvalue weighted by Gasteiger charge is -2.32. The van der Waals surface area contributed by atoms with Gasteiger partial charge < -0.3 is 9.64 Å². The zero-order valence-corrected chi connectivity index (χ0v) is 20.2. The van der Waals surface area contributed by atoms with Gasteiger partial charge in [-0.1, -0.05) is 24.6 Å². The fraction of sp³-hybridized carbons (Fsp3) is 0.400. The lowest BCUT2D eigenvalue weighted by atomic mass is 10.1. The number of carbonyl (C=O) groups is 2. The van der Waals surface area contributed by atoms with E-state index in [1.54, 1.807) is 24.3 Å². The molecule has 1 amide bonds. The van der Waals surface area contributed by atoms with Gasteiger partial charge in [-0.2, -0.15) is 9.57 Å². The third-order valence-electron chi connectivity index (χ3n) is 5.85. The third kappa shape index (κ3) is 5.82. The SMILES string of the molecule is C[C@H](OC(=O)c1ccc(S(=O)(=O)N2CCCC[C@@H]2C)cc1)C(=O)N(CCC#N)c1ccccc1. The molecule has 0 unspecified atom stereocenters. The number of benzene rings is 2. The number of para-hydroxylation sites is 1. The molecule has 1 saturated heterocycles. The number of anilines is 1. The van der Waals surface area contributed by atoms with Gasteiger partial charge in [0.15, 0.2) is 6.10 Å². The zero-order valence-electron chi connectivity index (χ0n) is 19.4. The first-order valence-corrected chi connectivity index (χ1v) is 12.8. The summed E-state index contributed by atoms with van der Waals surface area (Å²) in [7, 11) is -3.65. The Morgan fingerprint density at radius 3 is 2.44 bits per heavy atom. The van der Waals surface area contributed by atoms with Gasteiger partial charge in [-0.15, -0.1) is 0 Å². The van der Waals surface area contributed by atoms with Gasteiger partial charge in [-0.3, -0.25) is 4.79 Å². The molecule has 0 radical (unpaired) electrons.